The van der Waals surface area contributed by atoms with Gasteiger partial charge in [-0.2, -0.15) is 5.10 Å². The first-order valence-electron chi connectivity index (χ1n) is 8.64. The summed E-state index contributed by atoms with van der Waals surface area (Å²) in [6.45, 7) is 4.62. The largest absolute Gasteiger partial charge is 0.370 e. The maximum absolute atomic E-state index is 12.2. The minimum absolute atomic E-state index is 0.117. The Kier molecular flexibility index (Phi) is 4.23. The molecule has 1 aliphatic heterocycles. The molecule has 0 radical (unpaired) electrons. The molecule has 4 rings (SSSR count). The first kappa shape index (κ1) is 15.8. The van der Waals surface area contributed by atoms with Crippen LogP contribution in [-0.2, 0) is 13.6 Å². The number of benzene rings is 1. The van der Waals surface area contributed by atoms with E-state index in [1.54, 1.807) is 10.9 Å². The summed E-state index contributed by atoms with van der Waals surface area (Å²) in [6, 6.07) is 10.5. The number of nitrogens with one attached hydrogen (secondary N) is 1. The fourth-order valence-electron chi connectivity index (χ4n) is 3.39. The van der Waals surface area contributed by atoms with Crippen LogP contribution in [0.4, 0.5) is 5.69 Å². The Morgan fingerprint density at radius 2 is 1.96 bits per heavy atom. The molecule has 1 N–H and O–H groups in total. The normalized spacial score (nSPS) is 16.3. The van der Waals surface area contributed by atoms with Gasteiger partial charge in [-0.25, -0.2) is 4.98 Å². The van der Waals surface area contributed by atoms with E-state index in [2.05, 4.69) is 49.1 Å². The highest BCUT2D eigenvalue weighted by Crippen LogP contribution is 2.16. The molecule has 1 fully saturated rings. The van der Waals surface area contributed by atoms with E-state index in [9.17, 15) is 4.79 Å². The van der Waals surface area contributed by atoms with Crippen molar-refractivity contribution < 1.29 is 0 Å². The Bertz CT molecular complexity index is 916. The van der Waals surface area contributed by atoms with Gasteiger partial charge in [0.05, 0.1) is 12.7 Å². The van der Waals surface area contributed by atoms with Gasteiger partial charge in [0.2, 0.25) is 0 Å². The Balaban J connectivity index is 1.48. The topological polar surface area (TPSA) is 70.1 Å². The Morgan fingerprint density at radius 1 is 1.12 bits per heavy atom. The third-order valence-corrected chi connectivity index (χ3v) is 4.73. The second kappa shape index (κ2) is 6.68. The molecule has 130 valence electrons. The molecule has 0 aliphatic carbocycles. The van der Waals surface area contributed by atoms with Crippen LogP contribution in [0.1, 0.15) is 12.2 Å². The number of hydrogen-bond donors (Lipinski definition) is 1. The van der Waals surface area contributed by atoms with Gasteiger partial charge >= 0.3 is 0 Å². The molecule has 0 bridgehead atoms. The van der Waals surface area contributed by atoms with Gasteiger partial charge in [-0.3, -0.25) is 14.4 Å². The predicted octanol–water partition coefficient (Wildman–Crippen LogP) is 1.37. The van der Waals surface area contributed by atoms with Crippen molar-refractivity contribution in [3.8, 4) is 0 Å². The SMILES string of the molecule is Cn1ncc2c(=O)[nH]c(CN3CCCN(c4ccccc4)CC3)nc21. The second-order valence-electron chi connectivity index (χ2n) is 6.47. The first-order valence-corrected chi connectivity index (χ1v) is 8.64. The lowest BCUT2D eigenvalue weighted by molar-refractivity contribution is 0.278. The van der Waals surface area contributed by atoms with Crippen LogP contribution >= 0.6 is 0 Å². The zero-order chi connectivity index (χ0) is 17.2. The highest BCUT2D eigenvalue weighted by atomic mass is 16.1. The zero-order valence-electron chi connectivity index (χ0n) is 14.4. The molecule has 7 heteroatoms. The van der Waals surface area contributed by atoms with E-state index in [0.717, 1.165) is 32.6 Å². The van der Waals surface area contributed by atoms with E-state index < -0.39 is 0 Å². The van der Waals surface area contributed by atoms with Crippen LogP contribution in [0.2, 0.25) is 0 Å². The van der Waals surface area contributed by atoms with Crippen LogP contribution in [0.3, 0.4) is 0 Å². The van der Waals surface area contributed by atoms with E-state index in [1.807, 2.05) is 13.1 Å². The summed E-state index contributed by atoms with van der Waals surface area (Å²) in [7, 11) is 1.81. The molecule has 0 atom stereocenters. The number of rotatable bonds is 3. The summed E-state index contributed by atoms with van der Waals surface area (Å²) >= 11 is 0. The van der Waals surface area contributed by atoms with Gasteiger partial charge in [0.15, 0.2) is 5.65 Å². The Morgan fingerprint density at radius 3 is 2.80 bits per heavy atom. The molecule has 1 saturated heterocycles. The number of para-hydroxylation sites is 1. The highest BCUT2D eigenvalue weighted by Gasteiger charge is 2.17. The minimum Gasteiger partial charge on any atom is -0.370 e. The van der Waals surface area contributed by atoms with Crippen molar-refractivity contribution in [3.63, 3.8) is 0 Å². The molecule has 0 amide bonds. The molecular formula is C18H22N6O. The van der Waals surface area contributed by atoms with Gasteiger partial charge in [-0.15, -0.1) is 0 Å². The number of aromatic amines is 1. The van der Waals surface area contributed by atoms with E-state index in [0.29, 0.717) is 23.4 Å². The monoisotopic (exact) mass is 338 g/mol. The summed E-state index contributed by atoms with van der Waals surface area (Å²) in [5, 5.41) is 4.66. The Labute approximate surface area is 145 Å². The first-order chi connectivity index (χ1) is 12.2. The summed E-state index contributed by atoms with van der Waals surface area (Å²) in [5.41, 5.74) is 1.79. The molecule has 7 nitrogen and oxygen atoms in total. The Hall–Kier alpha value is -2.67. The quantitative estimate of drug-likeness (QED) is 0.781. The second-order valence-corrected chi connectivity index (χ2v) is 6.47. The van der Waals surface area contributed by atoms with Crippen molar-refractivity contribution >= 4 is 16.7 Å². The molecule has 1 aliphatic rings. The van der Waals surface area contributed by atoms with Gasteiger partial charge in [-0.05, 0) is 18.6 Å². The third-order valence-electron chi connectivity index (χ3n) is 4.73. The van der Waals surface area contributed by atoms with E-state index in [4.69, 9.17) is 0 Å². The van der Waals surface area contributed by atoms with Crippen molar-refractivity contribution in [1.82, 2.24) is 24.6 Å². The van der Waals surface area contributed by atoms with Crippen molar-refractivity contribution in [3.05, 3.63) is 52.7 Å². The number of hydrogen-bond acceptors (Lipinski definition) is 5. The standard InChI is InChI=1S/C18H22N6O/c1-22-17-15(12-19-22)18(25)21-16(20-17)13-23-8-5-9-24(11-10-23)14-6-3-2-4-7-14/h2-4,6-7,12H,5,8-11,13H2,1H3,(H,20,21,25). The molecule has 2 aromatic heterocycles. The summed E-state index contributed by atoms with van der Waals surface area (Å²) in [6.07, 6.45) is 2.65. The van der Waals surface area contributed by atoms with Gasteiger partial charge < -0.3 is 9.88 Å². The maximum Gasteiger partial charge on any atom is 0.262 e. The number of anilines is 1. The lowest BCUT2D eigenvalue weighted by atomic mass is 10.3. The van der Waals surface area contributed by atoms with Crippen LogP contribution in [0, 0.1) is 0 Å². The maximum atomic E-state index is 12.2. The number of nitrogens with zero attached hydrogens (tertiary/aromatic N) is 5. The van der Waals surface area contributed by atoms with Crippen LogP contribution < -0.4 is 10.5 Å². The highest BCUT2D eigenvalue weighted by molar-refractivity contribution is 5.72. The fraction of sp³-hybridized carbons (Fsp3) is 0.389. The third kappa shape index (κ3) is 3.28. The van der Waals surface area contributed by atoms with Gasteiger partial charge in [0, 0.05) is 38.9 Å². The van der Waals surface area contributed by atoms with Crippen LogP contribution in [0.25, 0.3) is 11.0 Å². The predicted molar refractivity (Wildman–Crippen MR) is 97.7 cm³/mol. The van der Waals surface area contributed by atoms with Gasteiger partial charge in [0.25, 0.3) is 5.56 Å². The molecule has 3 heterocycles. The zero-order valence-corrected chi connectivity index (χ0v) is 14.4. The smallest absolute Gasteiger partial charge is 0.262 e. The summed E-state index contributed by atoms with van der Waals surface area (Å²) in [4.78, 5) is 24.4. The fourth-order valence-corrected chi connectivity index (χ4v) is 3.39. The number of aromatic nitrogens is 4. The van der Waals surface area contributed by atoms with Gasteiger partial charge in [-0.1, -0.05) is 18.2 Å². The lowest BCUT2D eigenvalue weighted by Gasteiger charge is -2.23. The summed E-state index contributed by atoms with van der Waals surface area (Å²) < 4.78 is 1.65. The van der Waals surface area contributed by atoms with Crippen molar-refractivity contribution in [2.45, 2.75) is 13.0 Å². The van der Waals surface area contributed by atoms with E-state index in [-0.39, 0.29) is 5.56 Å². The summed E-state index contributed by atoms with van der Waals surface area (Å²) in [5.74, 6) is 0.703. The lowest BCUT2D eigenvalue weighted by Crippen LogP contribution is -2.31. The molecule has 3 aromatic rings. The van der Waals surface area contributed by atoms with Crippen LogP contribution in [0.15, 0.2) is 41.3 Å². The van der Waals surface area contributed by atoms with Crippen molar-refractivity contribution in [2.75, 3.05) is 31.1 Å². The van der Waals surface area contributed by atoms with E-state index in [1.165, 1.54) is 5.69 Å². The molecule has 0 saturated carbocycles. The minimum atomic E-state index is -0.117. The van der Waals surface area contributed by atoms with Crippen molar-refractivity contribution in [2.24, 2.45) is 7.05 Å². The molecular weight excluding hydrogens is 316 g/mol. The molecule has 25 heavy (non-hydrogen) atoms. The van der Waals surface area contributed by atoms with Crippen molar-refractivity contribution in [1.29, 1.82) is 0 Å². The average Bonchev–Trinajstić information content (AvgIpc) is 2.85. The van der Waals surface area contributed by atoms with Crippen LogP contribution in [0.5, 0.6) is 0 Å². The van der Waals surface area contributed by atoms with E-state index >= 15 is 0 Å². The molecule has 0 spiro atoms. The van der Waals surface area contributed by atoms with Crippen LogP contribution in [-0.4, -0.2) is 50.8 Å². The molecule has 1 aromatic carbocycles. The van der Waals surface area contributed by atoms with Gasteiger partial charge in [0.1, 0.15) is 11.2 Å². The molecule has 0 unspecified atom stereocenters. The number of aryl methyl sites for hydroxylation is 1. The average molecular weight is 338 g/mol. The number of fused-ring (bicyclic) bond motifs is 1. The number of H-pyrrole nitrogens is 1.